The molecule has 0 heterocycles. The van der Waals surface area contributed by atoms with Gasteiger partial charge in [-0.15, -0.1) is 0 Å². The molecule has 6 nitrogen and oxygen atoms in total. The molecule has 0 bridgehead atoms. The number of nitriles is 1. The summed E-state index contributed by atoms with van der Waals surface area (Å²) in [6.45, 7) is 1.35. The third-order valence-electron chi connectivity index (χ3n) is 2.31. The lowest BCUT2D eigenvalue weighted by Gasteiger charge is -2.16. The van der Waals surface area contributed by atoms with Crippen molar-refractivity contribution in [3.8, 4) is 11.8 Å². The summed E-state index contributed by atoms with van der Waals surface area (Å²) >= 11 is 0. The van der Waals surface area contributed by atoms with Gasteiger partial charge in [0, 0.05) is 0 Å². The highest BCUT2D eigenvalue weighted by molar-refractivity contribution is 7.88. The second kappa shape index (κ2) is 6.19. The van der Waals surface area contributed by atoms with Crippen LogP contribution >= 0.6 is 0 Å². The van der Waals surface area contributed by atoms with Crippen molar-refractivity contribution in [3.05, 3.63) is 23.3 Å². The van der Waals surface area contributed by atoms with Gasteiger partial charge in [0.1, 0.15) is 5.69 Å². The van der Waals surface area contributed by atoms with Crippen molar-refractivity contribution in [2.75, 3.05) is 12.6 Å². The summed E-state index contributed by atoms with van der Waals surface area (Å²) in [5.74, 6) is -0.545. The predicted octanol–water partition coefficient (Wildman–Crippen LogP) is 2.26. The van der Waals surface area contributed by atoms with Crippen LogP contribution in [0.2, 0.25) is 0 Å². The Morgan fingerprint density at radius 2 is 2.00 bits per heavy atom. The summed E-state index contributed by atoms with van der Waals surface area (Å²) in [7, 11) is -4.61. The Balaban J connectivity index is 3.33. The fraction of sp³-hybridized carbons (Fsp3) is 0.364. The van der Waals surface area contributed by atoms with Crippen molar-refractivity contribution in [1.29, 1.82) is 5.26 Å². The van der Waals surface area contributed by atoms with Gasteiger partial charge in [-0.05, 0) is 24.1 Å². The summed E-state index contributed by atoms with van der Waals surface area (Å²) < 4.78 is 63.4. The number of anilines is 1. The maximum Gasteiger partial charge on any atom is 0.534 e. The molecule has 0 aromatic heterocycles. The molecule has 0 aliphatic heterocycles. The van der Waals surface area contributed by atoms with E-state index < -0.39 is 21.4 Å². The van der Waals surface area contributed by atoms with Gasteiger partial charge in [0.25, 0.3) is 0 Å². The fourth-order valence-corrected chi connectivity index (χ4v) is 2.03. The molecule has 1 aromatic carbocycles. The van der Waals surface area contributed by atoms with Crippen molar-refractivity contribution in [2.24, 2.45) is 0 Å². The SMILES string of the molecule is CONc1cc(CC#N)cc(C)c1OS(=O)(=O)C(F)(F)F. The van der Waals surface area contributed by atoms with Gasteiger partial charge in [-0.25, -0.2) is 0 Å². The molecule has 0 saturated carbocycles. The molecular formula is C11H11F3N2O4S. The molecule has 21 heavy (non-hydrogen) atoms. The van der Waals surface area contributed by atoms with Crippen LogP contribution in [0.1, 0.15) is 11.1 Å². The van der Waals surface area contributed by atoms with Crippen LogP contribution in [-0.4, -0.2) is 21.0 Å². The Bertz CT molecular complexity index is 665. The van der Waals surface area contributed by atoms with E-state index in [2.05, 4.69) is 14.5 Å². The van der Waals surface area contributed by atoms with Crippen LogP contribution in [-0.2, 0) is 21.4 Å². The van der Waals surface area contributed by atoms with E-state index in [0.717, 1.165) is 0 Å². The van der Waals surface area contributed by atoms with Crippen molar-refractivity contribution in [1.82, 2.24) is 0 Å². The molecule has 0 spiro atoms. The average Bonchev–Trinajstić information content (AvgIpc) is 2.33. The number of hydrogen-bond donors (Lipinski definition) is 1. The maximum atomic E-state index is 12.4. The van der Waals surface area contributed by atoms with E-state index >= 15 is 0 Å². The molecule has 0 fully saturated rings. The highest BCUT2D eigenvalue weighted by atomic mass is 32.2. The Kier molecular flexibility index (Phi) is 5.03. The molecule has 0 radical (unpaired) electrons. The number of rotatable bonds is 5. The normalized spacial score (nSPS) is 11.8. The van der Waals surface area contributed by atoms with Crippen LogP contribution in [0.15, 0.2) is 12.1 Å². The van der Waals surface area contributed by atoms with Crippen LogP contribution in [0, 0.1) is 18.3 Å². The zero-order valence-corrected chi connectivity index (χ0v) is 11.8. The molecule has 116 valence electrons. The first-order valence-corrected chi connectivity index (χ1v) is 6.83. The first kappa shape index (κ1) is 17.1. The summed E-state index contributed by atoms with van der Waals surface area (Å²) in [5, 5.41) is 8.62. The molecule has 10 heteroatoms. The number of benzene rings is 1. The van der Waals surface area contributed by atoms with Crippen LogP contribution in [0.25, 0.3) is 0 Å². The molecule has 1 aromatic rings. The van der Waals surface area contributed by atoms with E-state index in [1.54, 1.807) is 0 Å². The lowest BCUT2D eigenvalue weighted by atomic mass is 10.1. The van der Waals surface area contributed by atoms with Gasteiger partial charge in [-0.1, -0.05) is 6.07 Å². The average molecular weight is 324 g/mol. The zero-order valence-electron chi connectivity index (χ0n) is 11.0. The maximum absolute atomic E-state index is 12.4. The fourth-order valence-electron chi connectivity index (χ4n) is 1.50. The standard InChI is InChI=1S/C11H11F3N2O4S/c1-7-5-8(3-4-15)6-9(16-19-2)10(7)20-21(17,18)11(12,13)14/h5-6,16H,3H2,1-2H3. The van der Waals surface area contributed by atoms with E-state index in [4.69, 9.17) is 5.26 Å². The molecule has 0 amide bonds. The van der Waals surface area contributed by atoms with Crippen molar-refractivity contribution >= 4 is 15.8 Å². The largest absolute Gasteiger partial charge is 0.534 e. The van der Waals surface area contributed by atoms with Crippen LogP contribution in [0.4, 0.5) is 18.9 Å². The van der Waals surface area contributed by atoms with E-state index in [0.29, 0.717) is 5.56 Å². The van der Waals surface area contributed by atoms with Gasteiger partial charge in [0.2, 0.25) is 0 Å². The minimum atomic E-state index is -5.80. The number of nitrogens with zero attached hydrogens (tertiary/aromatic N) is 1. The monoisotopic (exact) mass is 324 g/mol. The van der Waals surface area contributed by atoms with Crippen LogP contribution in [0.5, 0.6) is 5.75 Å². The van der Waals surface area contributed by atoms with Gasteiger partial charge >= 0.3 is 15.6 Å². The molecule has 1 N–H and O–H groups in total. The van der Waals surface area contributed by atoms with E-state index in [1.807, 2.05) is 6.07 Å². The third kappa shape index (κ3) is 3.99. The topological polar surface area (TPSA) is 88.4 Å². The van der Waals surface area contributed by atoms with Gasteiger partial charge in [0.15, 0.2) is 5.75 Å². The molecule has 0 saturated heterocycles. The van der Waals surface area contributed by atoms with Gasteiger partial charge < -0.3 is 4.18 Å². The predicted molar refractivity (Wildman–Crippen MR) is 66.7 cm³/mol. The number of halogens is 3. The minimum Gasteiger partial charge on any atom is -0.373 e. The molecule has 0 aliphatic rings. The van der Waals surface area contributed by atoms with Crippen molar-refractivity contribution in [2.45, 2.75) is 18.9 Å². The van der Waals surface area contributed by atoms with Crippen LogP contribution < -0.4 is 9.66 Å². The smallest absolute Gasteiger partial charge is 0.373 e. The zero-order chi connectivity index (χ0) is 16.3. The molecule has 0 unspecified atom stereocenters. The second-order valence-electron chi connectivity index (χ2n) is 3.91. The van der Waals surface area contributed by atoms with Gasteiger partial charge in [-0.3, -0.25) is 10.3 Å². The number of aryl methyl sites for hydroxylation is 1. The first-order chi connectivity index (χ1) is 9.62. The first-order valence-electron chi connectivity index (χ1n) is 5.42. The van der Waals surface area contributed by atoms with E-state index in [9.17, 15) is 21.6 Å². The lowest BCUT2D eigenvalue weighted by Crippen LogP contribution is -2.28. The second-order valence-corrected chi connectivity index (χ2v) is 5.45. The van der Waals surface area contributed by atoms with E-state index in [-0.39, 0.29) is 17.7 Å². The van der Waals surface area contributed by atoms with E-state index in [1.165, 1.54) is 26.2 Å². The highest BCUT2D eigenvalue weighted by Crippen LogP contribution is 2.35. The van der Waals surface area contributed by atoms with Crippen LogP contribution in [0.3, 0.4) is 0 Å². The Morgan fingerprint density at radius 3 is 2.48 bits per heavy atom. The molecule has 0 aliphatic carbocycles. The summed E-state index contributed by atoms with van der Waals surface area (Å²) in [4.78, 5) is 4.57. The Morgan fingerprint density at radius 1 is 1.38 bits per heavy atom. The molecule has 0 atom stereocenters. The summed E-state index contributed by atoms with van der Waals surface area (Å²) in [6, 6.07) is 4.48. The minimum absolute atomic E-state index is 0.00840. The highest BCUT2D eigenvalue weighted by Gasteiger charge is 2.49. The quantitative estimate of drug-likeness (QED) is 0.508. The third-order valence-corrected chi connectivity index (χ3v) is 3.26. The van der Waals surface area contributed by atoms with Gasteiger partial charge in [0.05, 0.1) is 19.6 Å². The van der Waals surface area contributed by atoms with Gasteiger partial charge in [-0.2, -0.15) is 26.9 Å². The Hall–Kier alpha value is -1.99. The Labute approximate surface area is 119 Å². The molecular weight excluding hydrogens is 313 g/mol. The number of hydrogen-bond acceptors (Lipinski definition) is 6. The summed E-state index contributed by atoms with van der Waals surface area (Å²) in [5.41, 5.74) is -2.88. The van der Waals surface area contributed by atoms with Crippen molar-refractivity contribution < 1.29 is 30.6 Å². The lowest BCUT2D eigenvalue weighted by molar-refractivity contribution is -0.0500. The summed E-state index contributed by atoms with van der Waals surface area (Å²) in [6.07, 6.45) is -0.00840. The van der Waals surface area contributed by atoms with Crippen molar-refractivity contribution in [3.63, 3.8) is 0 Å². The molecule has 1 rings (SSSR count). The number of nitrogens with one attached hydrogen (secondary N) is 1. The number of alkyl halides is 3.